The van der Waals surface area contributed by atoms with E-state index >= 15 is 0 Å². The van der Waals surface area contributed by atoms with Gasteiger partial charge in [0.05, 0.1) is 33.5 Å². The number of pyridine rings is 2. The summed E-state index contributed by atoms with van der Waals surface area (Å²) in [4.78, 5) is 30.0. The number of cyclic esters (lactones) is 1. The molecule has 1 N–H and O–H groups in total. The lowest BCUT2D eigenvalue weighted by molar-refractivity contribution is -0.172. The number of hydrogen-bond donors (Lipinski definition) is 1. The molecule has 0 bridgehead atoms. The predicted molar refractivity (Wildman–Crippen MR) is 107 cm³/mol. The average Bonchev–Trinajstić information content (AvgIpc) is 3.06. The van der Waals surface area contributed by atoms with E-state index in [2.05, 4.69) is 20.9 Å². The molecule has 4 heterocycles. The van der Waals surface area contributed by atoms with Gasteiger partial charge in [-0.2, -0.15) is 0 Å². The second-order valence-electron chi connectivity index (χ2n) is 7.45. The van der Waals surface area contributed by atoms with Crippen molar-refractivity contribution in [1.29, 1.82) is 0 Å². The van der Waals surface area contributed by atoms with Gasteiger partial charge in [-0.25, -0.2) is 14.2 Å². The minimum Gasteiger partial charge on any atom is -0.458 e. The number of hydrogen-bond acceptors (Lipinski definition) is 5. The van der Waals surface area contributed by atoms with E-state index in [1.54, 1.807) is 23.6 Å². The zero-order valence-electron chi connectivity index (χ0n) is 15.7. The molecule has 148 valence electrons. The number of rotatable bonds is 1. The Hall–Kier alpha value is -2.58. The molecule has 0 radical (unpaired) electrons. The van der Waals surface area contributed by atoms with E-state index in [-0.39, 0.29) is 29.7 Å². The number of aryl methyl sites for hydroxylation is 1. The molecule has 6 nitrogen and oxygen atoms in total. The molecule has 29 heavy (non-hydrogen) atoms. The Morgan fingerprint density at radius 1 is 1.31 bits per heavy atom. The first kappa shape index (κ1) is 18.4. The zero-order valence-corrected chi connectivity index (χ0v) is 17.3. The number of aromatic nitrogens is 2. The summed E-state index contributed by atoms with van der Waals surface area (Å²) in [6.07, 6.45) is 0.0813. The zero-order chi connectivity index (χ0) is 20.7. The van der Waals surface area contributed by atoms with Crippen molar-refractivity contribution >= 4 is 32.8 Å². The minimum atomic E-state index is -1.87. The topological polar surface area (TPSA) is 81.4 Å². The van der Waals surface area contributed by atoms with Crippen LogP contribution < -0.4 is 5.56 Å². The van der Waals surface area contributed by atoms with Gasteiger partial charge >= 0.3 is 5.97 Å². The van der Waals surface area contributed by atoms with E-state index in [0.29, 0.717) is 27.9 Å². The van der Waals surface area contributed by atoms with Crippen LogP contribution in [-0.2, 0) is 28.3 Å². The van der Waals surface area contributed by atoms with Gasteiger partial charge < -0.3 is 14.4 Å². The lowest BCUT2D eigenvalue weighted by Gasteiger charge is -2.31. The second-order valence-corrected chi connectivity index (χ2v) is 8.30. The predicted octanol–water partition coefficient (Wildman–Crippen LogP) is 3.29. The molecule has 3 aromatic rings. The molecule has 1 atom stereocenters. The fourth-order valence-corrected chi connectivity index (χ4v) is 4.62. The molecule has 0 fully saturated rings. The second kappa shape index (κ2) is 5.96. The largest absolute Gasteiger partial charge is 0.458 e. The molecule has 0 saturated carbocycles. The average molecular weight is 459 g/mol. The summed E-state index contributed by atoms with van der Waals surface area (Å²) >= 11 is 3.21. The molecular weight excluding hydrogens is 443 g/mol. The summed E-state index contributed by atoms with van der Waals surface area (Å²) in [5.74, 6) is -1.18. The van der Waals surface area contributed by atoms with Gasteiger partial charge in [-0.05, 0) is 47.0 Å². The van der Waals surface area contributed by atoms with Gasteiger partial charge in [0.15, 0.2) is 5.60 Å². The molecule has 2 aliphatic rings. The quantitative estimate of drug-likeness (QED) is 0.442. The van der Waals surface area contributed by atoms with Gasteiger partial charge in [0.25, 0.3) is 5.56 Å². The highest BCUT2D eigenvalue weighted by Crippen LogP contribution is 2.40. The lowest BCUT2D eigenvalue weighted by atomic mass is 9.86. The first-order chi connectivity index (χ1) is 13.8. The van der Waals surface area contributed by atoms with E-state index in [0.717, 1.165) is 16.5 Å². The monoisotopic (exact) mass is 458 g/mol. The number of ether oxygens (including phenoxy) is 1. The molecule has 2 aromatic heterocycles. The van der Waals surface area contributed by atoms with Crippen molar-refractivity contribution in [3.05, 3.63) is 61.1 Å². The van der Waals surface area contributed by atoms with Crippen LogP contribution in [0.15, 0.2) is 27.5 Å². The summed E-state index contributed by atoms with van der Waals surface area (Å²) in [5, 5.41) is 11.7. The number of halogens is 2. The number of aliphatic hydroxyl groups is 1. The number of carbonyl (C=O) groups excluding carboxylic acids is 1. The number of carbonyl (C=O) groups is 1. The highest BCUT2D eigenvalue weighted by Gasteiger charge is 2.45. The Morgan fingerprint density at radius 2 is 2.07 bits per heavy atom. The van der Waals surface area contributed by atoms with Gasteiger partial charge in [-0.15, -0.1) is 0 Å². The number of fused-ring (bicyclic) bond motifs is 5. The molecule has 0 spiro atoms. The fraction of sp³-hybridized carbons (Fsp3) is 0.286. The van der Waals surface area contributed by atoms with Crippen molar-refractivity contribution in [3.8, 4) is 11.4 Å². The lowest BCUT2D eigenvalue weighted by Crippen LogP contribution is -2.44. The van der Waals surface area contributed by atoms with Crippen LogP contribution >= 0.6 is 15.9 Å². The summed E-state index contributed by atoms with van der Waals surface area (Å²) in [6.45, 7) is 3.72. The molecular formula is C21H16BrFN2O4. The van der Waals surface area contributed by atoms with Crippen molar-refractivity contribution in [2.45, 2.75) is 39.0 Å². The Balaban J connectivity index is 1.83. The van der Waals surface area contributed by atoms with Crippen LogP contribution in [0.25, 0.3) is 22.3 Å². The number of esters is 1. The van der Waals surface area contributed by atoms with Gasteiger partial charge in [0.2, 0.25) is 0 Å². The van der Waals surface area contributed by atoms with Crippen LogP contribution in [0.2, 0.25) is 0 Å². The van der Waals surface area contributed by atoms with Gasteiger partial charge in [-0.1, -0.05) is 6.92 Å². The van der Waals surface area contributed by atoms with Crippen molar-refractivity contribution < 1.29 is 19.0 Å². The summed E-state index contributed by atoms with van der Waals surface area (Å²) in [5.41, 5.74) is 1.69. The summed E-state index contributed by atoms with van der Waals surface area (Å²) < 4.78 is 21.1. The van der Waals surface area contributed by atoms with Crippen LogP contribution in [0.5, 0.6) is 0 Å². The number of nitrogens with zero attached hydrogens (tertiary/aromatic N) is 2. The summed E-state index contributed by atoms with van der Waals surface area (Å²) in [6, 6.07) is 4.69. The van der Waals surface area contributed by atoms with Crippen molar-refractivity contribution in [3.63, 3.8) is 0 Å². The van der Waals surface area contributed by atoms with E-state index < -0.39 is 17.4 Å². The maximum absolute atomic E-state index is 14.1. The maximum Gasteiger partial charge on any atom is 0.343 e. The fourth-order valence-electron chi connectivity index (χ4n) is 4.27. The van der Waals surface area contributed by atoms with E-state index in [4.69, 9.17) is 4.74 Å². The Morgan fingerprint density at radius 3 is 2.79 bits per heavy atom. The van der Waals surface area contributed by atoms with E-state index in [1.807, 2.05) is 6.92 Å². The smallest absolute Gasteiger partial charge is 0.343 e. The minimum absolute atomic E-state index is 0.0813. The highest BCUT2D eigenvalue weighted by molar-refractivity contribution is 9.10. The Labute approximate surface area is 173 Å². The van der Waals surface area contributed by atoms with Crippen LogP contribution in [0.4, 0.5) is 4.39 Å². The van der Waals surface area contributed by atoms with Crippen LogP contribution in [0.1, 0.15) is 35.6 Å². The van der Waals surface area contributed by atoms with Gasteiger partial charge in [-0.3, -0.25) is 4.79 Å². The van der Waals surface area contributed by atoms with Gasteiger partial charge in [0, 0.05) is 22.6 Å². The van der Waals surface area contributed by atoms with Crippen LogP contribution in [0.3, 0.4) is 0 Å². The normalized spacial score (nSPS) is 19.7. The van der Waals surface area contributed by atoms with Crippen LogP contribution in [-0.4, -0.2) is 20.6 Å². The SMILES string of the molecule is CC[C@@]1(O)C(=O)OCc2c1cc1n(c2=O)Cc2c-1nc1cc(F)c(Br)cc1c2C. The first-order valence-corrected chi connectivity index (χ1v) is 10.0. The molecule has 0 amide bonds. The van der Waals surface area contributed by atoms with Crippen molar-refractivity contribution in [2.75, 3.05) is 0 Å². The third kappa shape index (κ3) is 2.33. The van der Waals surface area contributed by atoms with Crippen molar-refractivity contribution in [2.24, 2.45) is 0 Å². The van der Waals surface area contributed by atoms with Crippen LogP contribution in [0, 0.1) is 12.7 Å². The maximum atomic E-state index is 14.1. The first-order valence-electron chi connectivity index (χ1n) is 9.21. The number of benzene rings is 1. The van der Waals surface area contributed by atoms with Gasteiger partial charge in [0.1, 0.15) is 12.4 Å². The Kier molecular flexibility index (Phi) is 3.79. The van der Waals surface area contributed by atoms with Crippen molar-refractivity contribution in [1.82, 2.24) is 9.55 Å². The van der Waals surface area contributed by atoms with E-state index in [1.165, 1.54) is 6.07 Å². The highest BCUT2D eigenvalue weighted by atomic mass is 79.9. The molecule has 0 aliphatic carbocycles. The molecule has 5 rings (SSSR count). The summed E-state index contributed by atoms with van der Waals surface area (Å²) in [7, 11) is 0. The molecule has 8 heteroatoms. The Bertz CT molecular complexity index is 1320. The third-order valence-corrected chi connectivity index (χ3v) is 6.62. The molecule has 2 aliphatic heterocycles. The molecule has 1 aromatic carbocycles. The standard InChI is InChI=1S/C21H16BrFN2O4/c1-3-21(28)13-5-17-18-11(7-25(17)19(26)12(13)8-29-20(21)27)9(2)10-4-14(22)15(23)6-16(10)24-18/h4-6,28H,3,7-8H2,1-2H3/t21-/m0/s1. The molecule has 0 unspecified atom stereocenters. The third-order valence-electron chi connectivity index (χ3n) is 6.02. The van der Waals surface area contributed by atoms with E-state index in [9.17, 15) is 19.1 Å². The molecule has 0 saturated heterocycles.